The number of alkyl halides is 6. The quantitative estimate of drug-likeness (QED) is 0.685. The predicted octanol–water partition coefficient (Wildman–Crippen LogP) is 2.76. The van der Waals surface area contributed by atoms with Crippen molar-refractivity contribution >= 4 is 69.6 Å². The highest BCUT2D eigenvalue weighted by Crippen LogP contribution is 2.04. The molecule has 0 amide bonds. The molecule has 0 bridgehead atoms. The van der Waals surface area contributed by atoms with Gasteiger partial charge in [0.25, 0.3) is 0 Å². The van der Waals surface area contributed by atoms with Crippen LogP contribution in [0.2, 0.25) is 0 Å². The topological polar surface area (TPSA) is 51.7 Å². The molecule has 0 rings (SSSR count). The van der Waals surface area contributed by atoms with Gasteiger partial charge < -0.3 is 10.6 Å². The Morgan fingerprint density at radius 2 is 0.727 bits per heavy atom. The molecule has 0 aromatic rings. The molecule has 0 spiro atoms. The van der Waals surface area contributed by atoms with E-state index in [2.05, 4.69) is 0 Å². The largest absolute Gasteiger partial charge is 0.412 e. The Kier molecular flexibility index (Phi) is 47.1. The number of rotatable bonds is 0. The van der Waals surface area contributed by atoms with Crippen molar-refractivity contribution in [2.45, 2.75) is 8.59 Å². The normalized spacial score (nSPS) is 7.09. The van der Waals surface area contributed by atoms with Crippen LogP contribution in [0, 0.1) is 0 Å². The Labute approximate surface area is 95.6 Å². The van der Waals surface area contributed by atoms with Crippen LogP contribution in [0.25, 0.3) is 0 Å². The highest BCUT2D eigenvalue weighted by Gasteiger charge is 1.79. The molecule has 0 aromatic heterocycles. The van der Waals surface area contributed by atoms with Crippen molar-refractivity contribution < 1.29 is 10.6 Å². The van der Waals surface area contributed by atoms with Gasteiger partial charge in [0.2, 0.25) is 0 Å². The van der Waals surface area contributed by atoms with E-state index >= 15 is 0 Å². The van der Waals surface area contributed by atoms with E-state index < -0.39 is 8.59 Å². The highest BCUT2D eigenvalue weighted by molar-refractivity contribution is 6.63. The molecular formula is C3H8Cl6O2. The van der Waals surface area contributed by atoms with Gasteiger partial charge in [0.1, 0.15) is 0 Å². The van der Waals surface area contributed by atoms with Gasteiger partial charge in [0.15, 0.2) is 8.59 Å². The van der Waals surface area contributed by atoms with Crippen molar-refractivity contribution in [2.24, 2.45) is 0 Å². The lowest BCUT2D eigenvalue weighted by molar-refractivity contribution is 0.399. The Hall–Kier alpha value is 1.66. The average Bonchev–Trinajstić information content (AvgIpc) is 1.66. The number of hydrogen-bond donors (Lipinski definition) is 1. The maximum Gasteiger partial charge on any atom is 0.180 e. The SMILES string of the molecule is CO.ClC(Cl)Cl.ClC(Cl)Cl.O. The monoisotopic (exact) mass is 286 g/mol. The van der Waals surface area contributed by atoms with Gasteiger partial charge in [-0.15, -0.1) is 0 Å². The smallest absolute Gasteiger partial charge is 0.180 e. The molecule has 8 heteroatoms. The summed E-state index contributed by atoms with van der Waals surface area (Å²) in [5.74, 6) is 0. The second kappa shape index (κ2) is 22.6. The molecule has 0 aromatic carbocycles. The molecule has 0 atom stereocenters. The molecule has 2 nitrogen and oxygen atoms in total. The maximum atomic E-state index is 7.00. The minimum Gasteiger partial charge on any atom is -0.412 e. The van der Waals surface area contributed by atoms with E-state index in [4.69, 9.17) is 74.7 Å². The van der Waals surface area contributed by atoms with Crippen molar-refractivity contribution in [1.29, 1.82) is 0 Å². The lowest BCUT2D eigenvalue weighted by atomic mass is 11.8. The Morgan fingerprint density at radius 1 is 0.727 bits per heavy atom. The molecule has 3 N–H and O–H groups in total. The van der Waals surface area contributed by atoms with Gasteiger partial charge in [-0.3, -0.25) is 0 Å². The summed E-state index contributed by atoms with van der Waals surface area (Å²) in [5, 5.41) is 7.00. The number of aliphatic hydroxyl groups is 1. The summed E-state index contributed by atoms with van der Waals surface area (Å²) in [6.45, 7) is 0. The summed E-state index contributed by atoms with van der Waals surface area (Å²) < 4.78 is -1.50. The number of aliphatic hydroxyl groups excluding tert-OH is 1. The predicted molar refractivity (Wildman–Crippen MR) is 54.5 cm³/mol. The van der Waals surface area contributed by atoms with Crippen molar-refractivity contribution in [3.63, 3.8) is 0 Å². The molecule has 0 unspecified atom stereocenters. The number of halogens is 6. The molecule has 11 heavy (non-hydrogen) atoms. The minimum absolute atomic E-state index is 0. The van der Waals surface area contributed by atoms with Gasteiger partial charge in [-0.25, -0.2) is 0 Å². The van der Waals surface area contributed by atoms with E-state index in [1.807, 2.05) is 0 Å². The second-order valence-electron chi connectivity index (χ2n) is 0.495. The average molecular weight is 289 g/mol. The third kappa shape index (κ3) is 395. The first-order chi connectivity index (χ1) is 4.46. The lowest BCUT2D eigenvalue weighted by Crippen LogP contribution is -1.55. The third-order valence-electron chi connectivity index (χ3n) is 0. The highest BCUT2D eigenvalue weighted by atomic mass is 35.6. The molecule has 0 aliphatic carbocycles. The standard InChI is InChI=1S/2CHCl3.CH4O.H2O/c2*2-1(3)4;1-2;/h2*1H;2H,1H3;1H2. The Bertz CT molecular complexity index is 31.3. The van der Waals surface area contributed by atoms with Crippen LogP contribution in [0.1, 0.15) is 0 Å². The van der Waals surface area contributed by atoms with Gasteiger partial charge in [0, 0.05) is 7.11 Å². The van der Waals surface area contributed by atoms with E-state index in [-0.39, 0.29) is 5.48 Å². The van der Waals surface area contributed by atoms with Crippen LogP contribution in [0.4, 0.5) is 0 Å². The van der Waals surface area contributed by atoms with Crippen molar-refractivity contribution in [3.05, 3.63) is 0 Å². The zero-order chi connectivity index (χ0) is 9.15. The summed E-state index contributed by atoms with van der Waals surface area (Å²) in [4.78, 5) is 0. The van der Waals surface area contributed by atoms with E-state index in [1.54, 1.807) is 0 Å². The van der Waals surface area contributed by atoms with Gasteiger partial charge in [-0.05, 0) is 0 Å². The number of hydrogen-bond acceptors (Lipinski definition) is 1. The van der Waals surface area contributed by atoms with Crippen LogP contribution in [0.15, 0.2) is 0 Å². The first-order valence-electron chi connectivity index (χ1n) is 1.76. The zero-order valence-corrected chi connectivity index (χ0v) is 9.91. The molecule has 0 radical (unpaired) electrons. The van der Waals surface area contributed by atoms with Crippen LogP contribution < -0.4 is 0 Å². The van der Waals surface area contributed by atoms with E-state index in [0.29, 0.717) is 0 Å². The summed E-state index contributed by atoms with van der Waals surface area (Å²) in [6, 6.07) is 0. The van der Waals surface area contributed by atoms with Crippen LogP contribution >= 0.6 is 69.6 Å². The molecule has 0 saturated heterocycles. The maximum absolute atomic E-state index is 7.00. The van der Waals surface area contributed by atoms with Crippen molar-refractivity contribution in [3.8, 4) is 0 Å². The molecule has 0 aliphatic heterocycles. The van der Waals surface area contributed by atoms with Crippen LogP contribution in [-0.4, -0.2) is 26.3 Å². The van der Waals surface area contributed by atoms with Crippen LogP contribution in [0.3, 0.4) is 0 Å². The summed E-state index contributed by atoms with van der Waals surface area (Å²) in [5.41, 5.74) is 0. The fraction of sp³-hybridized carbons (Fsp3) is 1.00. The van der Waals surface area contributed by atoms with Crippen molar-refractivity contribution in [2.75, 3.05) is 7.11 Å². The fourth-order valence-corrected chi connectivity index (χ4v) is 0. The summed E-state index contributed by atoms with van der Waals surface area (Å²) in [6.07, 6.45) is 0. The summed E-state index contributed by atoms with van der Waals surface area (Å²) >= 11 is 28.8. The van der Waals surface area contributed by atoms with Gasteiger partial charge in [-0.2, -0.15) is 0 Å². The van der Waals surface area contributed by atoms with Gasteiger partial charge >= 0.3 is 0 Å². The van der Waals surface area contributed by atoms with Crippen LogP contribution in [0.5, 0.6) is 0 Å². The molecule has 0 aliphatic rings. The summed E-state index contributed by atoms with van der Waals surface area (Å²) in [7, 11) is 1.00. The van der Waals surface area contributed by atoms with Gasteiger partial charge in [0.05, 0.1) is 0 Å². The Morgan fingerprint density at radius 3 is 0.727 bits per heavy atom. The van der Waals surface area contributed by atoms with Gasteiger partial charge in [-0.1, -0.05) is 69.6 Å². The van der Waals surface area contributed by atoms with Crippen LogP contribution in [-0.2, 0) is 0 Å². The molecule has 74 valence electrons. The molecule has 0 fully saturated rings. The van der Waals surface area contributed by atoms with E-state index in [9.17, 15) is 0 Å². The molecular weight excluding hydrogens is 281 g/mol. The van der Waals surface area contributed by atoms with E-state index in [1.165, 1.54) is 0 Å². The first kappa shape index (κ1) is 23.0. The first-order valence-corrected chi connectivity index (χ1v) is 4.38. The lowest BCUT2D eigenvalue weighted by Gasteiger charge is -1.69. The third-order valence-corrected chi connectivity index (χ3v) is 0. The molecule has 0 heterocycles. The minimum atomic E-state index is -0.750. The fourth-order valence-electron chi connectivity index (χ4n) is 0. The van der Waals surface area contributed by atoms with E-state index in [0.717, 1.165) is 7.11 Å². The van der Waals surface area contributed by atoms with Crippen molar-refractivity contribution in [1.82, 2.24) is 0 Å². The Balaban J connectivity index is -0.0000000339. The second-order valence-corrected chi connectivity index (χ2v) is 4.45. The molecule has 0 saturated carbocycles. The zero-order valence-electron chi connectivity index (χ0n) is 5.37.